The van der Waals surface area contributed by atoms with Gasteiger partial charge in [-0.2, -0.15) is 0 Å². The Morgan fingerprint density at radius 1 is 1.11 bits per heavy atom. The van der Waals surface area contributed by atoms with Crippen LogP contribution in [0.4, 0.5) is 5.69 Å². The number of anilines is 1. The number of rotatable bonds is 5. The van der Waals surface area contributed by atoms with E-state index >= 15 is 0 Å². The number of hydrogen-bond donors (Lipinski definition) is 0. The van der Waals surface area contributed by atoms with Crippen molar-refractivity contribution in [1.82, 2.24) is 0 Å². The van der Waals surface area contributed by atoms with Crippen LogP contribution in [0.25, 0.3) is 10.8 Å². The summed E-state index contributed by atoms with van der Waals surface area (Å²) >= 11 is 3.38. The summed E-state index contributed by atoms with van der Waals surface area (Å²) in [6, 6.07) is 15.7. The summed E-state index contributed by atoms with van der Waals surface area (Å²) in [6.45, 7) is -0.347. The quantitative estimate of drug-likeness (QED) is 0.539. The molecule has 0 amide bonds. The molecule has 1 aliphatic heterocycles. The lowest BCUT2D eigenvalue weighted by molar-refractivity contribution is -0.143. The summed E-state index contributed by atoms with van der Waals surface area (Å²) in [4.78, 5) is 12.6. The van der Waals surface area contributed by atoms with Gasteiger partial charge in [-0.25, -0.2) is 8.42 Å². The molecule has 1 aliphatic rings. The van der Waals surface area contributed by atoms with E-state index in [1.54, 1.807) is 49.6 Å². The predicted molar refractivity (Wildman–Crippen MR) is 109 cm³/mol. The maximum Gasteiger partial charge on any atom is 0.327 e. The van der Waals surface area contributed by atoms with Gasteiger partial charge >= 0.3 is 5.97 Å². The average molecular weight is 462 g/mol. The maximum atomic E-state index is 12.9. The number of benzene rings is 3. The normalized spacial score (nSPS) is 14.3. The van der Waals surface area contributed by atoms with Crippen molar-refractivity contribution in [2.75, 3.05) is 18.0 Å². The van der Waals surface area contributed by atoms with Gasteiger partial charge in [-0.05, 0) is 51.1 Å². The summed E-state index contributed by atoms with van der Waals surface area (Å²) in [7, 11) is -2.22. The zero-order chi connectivity index (χ0) is 19.9. The standard InChI is InChI=1S/C20H16BrNO5S/c1-26-17-9-8-13(10-15(17)21)12-27-19(23)11-22-16-6-2-4-14-5-3-7-18(20(14)16)28(22,24)25/h2-10H,11-12H2,1H3. The number of halogens is 1. The zero-order valence-electron chi connectivity index (χ0n) is 14.9. The van der Waals surface area contributed by atoms with E-state index in [4.69, 9.17) is 9.47 Å². The Balaban J connectivity index is 1.53. The fourth-order valence-electron chi connectivity index (χ4n) is 3.25. The third kappa shape index (κ3) is 3.12. The van der Waals surface area contributed by atoms with Crippen LogP contribution in [0, 0.1) is 0 Å². The molecule has 3 aromatic rings. The van der Waals surface area contributed by atoms with Gasteiger partial charge in [0.15, 0.2) is 0 Å². The van der Waals surface area contributed by atoms with E-state index in [-0.39, 0.29) is 18.0 Å². The van der Waals surface area contributed by atoms with Gasteiger partial charge in [-0.3, -0.25) is 9.10 Å². The molecule has 8 heteroatoms. The number of hydrogen-bond acceptors (Lipinski definition) is 5. The fraction of sp³-hybridized carbons (Fsp3) is 0.150. The summed E-state index contributed by atoms with van der Waals surface area (Å²) in [5.74, 6) is 0.0458. The number of carbonyl (C=O) groups excluding carboxylic acids is 1. The Morgan fingerprint density at radius 2 is 1.86 bits per heavy atom. The van der Waals surface area contributed by atoms with E-state index in [1.807, 2.05) is 12.1 Å². The molecule has 28 heavy (non-hydrogen) atoms. The molecule has 0 bridgehead atoms. The second kappa shape index (κ2) is 7.10. The highest BCUT2D eigenvalue weighted by molar-refractivity contribution is 9.10. The van der Waals surface area contributed by atoms with Gasteiger partial charge in [0.05, 0.1) is 22.2 Å². The minimum atomic E-state index is -3.78. The lowest BCUT2D eigenvalue weighted by Crippen LogP contribution is -2.33. The molecule has 0 unspecified atom stereocenters. The molecule has 0 fully saturated rings. The molecule has 0 atom stereocenters. The molecule has 4 rings (SSSR count). The summed E-state index contributed by atoms with van der Waals surface area (Å²) in [6.07, 6.45) is 0. The van der Waals surface area contributed by atoms with E-state index in [0.717, 1.165) is 19.7 Å². The zero-order valence-corrected chi connectivity index (χ0v) is 17.3. The summed E-state index contributed by atoms with van der Waals surface area (Å²) < 4.78 is 38.1. The van der Waals surface area contributed by atoms with Crippen LogP contribution in [0.2, 0.25) is 0 Å². The molecule has 1 heterocycles. The van der Waals surface area contributed by atoms with Crippen LogP contribution < -0.4 is 9.04 Å². The van der Waals surface area contributed by atoms with Gasteiger partial charge in [0, 0.05) is 5.39 Å². The highest BCUT2D eigenvalue weighted by Gasteiger charge is 2.36. The van der Waals surface area contributed by atoms with Crippen LogP contribution in [0.15, 0.2) is 64.0 Å². The summed E-state index contributed by atoms with van der Waals surface area (Å²) in [5.41, 5.74) is 1.26. The van der Waals surface area contributed by atoms with Gasteiger partial charge in [0.2, 0.25) is 0 Å². The molecule has 0 spiro atoms. The molecule has 6 nitrogen and oxygen atoms in total. The third-order valence-corrected chi connectivity index (χ3v) is 6.99. The first-order valence-electron chi connectivity index (χ1n) is 8.44. The molecule has 3 aromatic carbocycles. The van der Waals surface area contributed by atoms with Gasteiger partial charge in [-0.15, -0.1) is 0 Å². The Labute approximate surface area is 170 Å². The van der Waals surface area contributed by atoms with Crippen molar-refractivity contribution in [1.29, 1.82) is 0 Å². The third-order valence-electron chi connectivity index (χ3n) is 4.57. The van der Waals surface area contributed by atoms with Crippen LogP contribution in [0.5, 0.6) is 5.75 Å². The number of ether oxygens (including phenoxy) is 2. The first-order chi connectivity index (χ1) is 13.4. The predicted octanol–water partition coefficient (Wildman–Crippen LogP) is 3.86. The van der Waals surface area contributed by atoms with Crippen molar-refractivity contribution in [3.8, 4) is 5.75 Å². The molecule has 144 valence electrons. The first-order valence-corrected chi connectivity index (χ1v) is 10.7. The van der Waals surface area contributed by atoms with Gasteiger partial charge < -0.3 is 9.47 Å². The molecular formula is C20H16BrNO5S. The lowest BCUT2D eigenvalue weighted by atomic mass is 10.1. The van der Waals surface area contributed by atoms with Gasteiger partial charge in [0.1, 0.15) is 18.9 Å². The Bertz CT molecular complexity index is 1190. The fourth-order valence-corrected chi connectivity index (χ4v) is 5.50. The van der Waals surface area contributed by atoms with Crippen LogP contribution in [-0.4, -0.2) is 28.0 Å². The molecular weight excluding hydrogens is 446 g/mol. The SMILES string of the molecule is COc1ccc(COC(=O)CN2c3cccc4cccc(c34)S2(=O)=O)cc1Br. The Morgan fingerprint density at radius 3 is 2.57 bits per heavy atom. The second-order valence-electron chi connectivity index (χ2n) is 6.27. The van der Waals surface area contributed by atoms with Crippen molar-refractivity contribution in [3.63, 3.8) is 0 Å². The largest absolute Gasteiger partial charge is 0.496 e. The highest BCUT2D eigenvalue weighted by Crippen LogP contribution is 2.41. The minimum Gasteiger partial charge on any atom is -0.496 e. The van der Waals surface area contributed by atoms with Crippen LogP contribution in [-0.2, 0) is 26.2 Å². The number of methoxy groups -OCH3 is 1. The number of carbonyl (C=O) groups is 1. The second-order valence-corrected chi connectivity index (χ2v) is 8.96. The Hall–Kier alpha value is -2.58. The lowest BCUT2D eigenvalue weighted by Gasteiger charge is -2.18. The van der Waals surface area contributed by atoms with Crippen molar-refractivity contribution in [2.45, 2.75) is 11.5 Å². The molecule has 0 aliphatic carbocycles. The maximum absolute atomic E-state index is 12.9. The molecule has 0 aromatic heterocycles. The Kier molecular flexibility index (Phi) is 4.76. The van der Waals surface area contributed by atoms with Crippen LogP contribution >= 0.6 is 15.9 Å². The van der Waals surface area contributed by atoms with Crippen molar-refractivity contribution < 1.29 is 22.7 Å². The minimum absolute atomic E-state index is 0.0342. The van der Waals surface area contributed by atoms with E-state index in [1.165, 1.54) is 0 Å². The van der Waals surface area contributed by atoms with E-state index in [2.05, 4.69) is 15.9 Å². The van der Waals surface area contributed by atoms with Crippen LogP contribution in [0.1, 0.15) is 5.56 Å². The average Bonchev–Trinajstić information content (AvgIpc) is 2.90. The topological polar surface area (TPSA) is 72.9 Å². The van der Waals surface area contributed by atoms with Gasteiger partial charge in [0.25, 0.3) is 10.0 Å². The molecule has 0 saturated heterocycles. The van der Waals surface area contributed by atoms with E-state index in [0.29, 0.717) is 16.8 Å². The van der Waals surface area contributed by atoms with E-state index in [9.17, 15) is 13.2 Å². The molecule has 0 N–H and O–H groups in total. The number of nitrogens with zero attached hydrogens (tertiary/aromatic N) is 1. The number of sulfonamides is 1. The monoisotopic (exact) mass is 461 g/mol. The molecule has 0 saturated carbocycles. The highest BCUT2D eigenvalue weighted by atomic mass is 79.9. The van der Waals surface area contributed by atoms with Gasteiger partial charge in [-0.1, -0.05) is 30.3 Å². The first kappa shape index (κ1) is 18.8. The van der Waals surface area contributed by atoms with Crippen molar-refractivity contribution >= 4 is 48.4 Å². The van der Waals surface area contributed by atoms with Crippen molar-refractivity contribution in [2.24, 2.45) is 0 Å². The van der Waals surface area contributed by atoms with E-state index < -0.39 is 16.0 Å². The number of esters is 1. The smallest absolute Gasteiger partial charge is 0.327 e. The van der Waals surface area contributed by atoms with Crippen LogP contribution in [0.3, 0.4) is 0 Å². The molecule has 0 radical (unpaired) electrons. The summed E-state index contributed by atoms with van der Waals surface area (Å²) in [5, 5.41) is 1.45. The van der Waals surface area contributed by atoms with Crippen molar-refractivity contribution in [3.05, 3.63) is 64.6 Å².